The van der Waals surface area contributed by atoms with E-state index in [9.17, 15) is 4.79 Å². The maximum absolute atomic E-state index is 12.6. The highest BCUT2D eigenvalue weighted by molar-refractivity contribution is 5.94. The monoisotopic (exact) mass is 344 g/mol. The van der Waals surface area contributed by atoms with Crippen LogP contribution in [-0.4, -0.2) is 11.9 Å². The van der Waals surface area contributed by atoms with Gasteiger partial charge in [-0.2, -0.15) is 0 Å². The quantitative estimate of drug-likeness (QED) is 0.680. The minimum atomic E-state index is -0.346. The van der Waals surface area contributed by atoms with E-state index in [4.69, 9.17) is 0 Å². The van der Waals surface area contributed by atoms with Gasteiger partial charge >= 0.3 is 0 Å². The SMILES string of the molecule is Cc1cccc(NC(=O)[C@H](C)NC(c2ccccc2)c2ccccc2)c1. The van der Waals surface area contributed by atoms with Crippen molar-refractivity contribution >= 4 is 11.6 Å². The van der Waals surface area contributed by atoms with E-state index in [1.165, 1.54) is 0 Å². The van der Waals surface area contributed by atoms with Crippen molar-refractivity contribution in [1.29, 1.82) is 0 Å². The predicted octanol–water partition coefficient (Wildman–Crippen LogP) is 4.70. The van der Waals surface area contributed by atoms with Gasteiger partial charge in [0.2, 0.25) is 5.91 Å². The molecule has 3 aromatic carbocycles. The van der Waals surface area contributed by atoms with Gasteiger partial charge in [-0.1, -0.05) is 72.8 Å². The molecule has 0 aliphatic heterocycles. The largest absolute Gasteiger partial charge is 0.325 e. The van der Waals surface area contributed by atoms with Crippen LogP contribution in [0.2, 0.25) is 0 Å². The van der Waals surface area contributed by atoms with Crippen molar-refractivity contribution in [2.24, 2.45) is 0 Å². The van der Waals surface area contributed by atoms with E-state index >= 15 is 0 Å². The van der Waals surface area contributed by atoms with Crippen molar-refractivity contribution in [3.05, 3.63) is 102 Å². The number of hydrogen-bond donors (Lipinski definition) is 2. The summed E-state index contributed by atoms with van der Waals surface area (Å²) in [4.78, 5) is 12.6. The van der Waals surface area contributed by atoms with Crippen molar-refractivity contribution in [1.82, 2.24) is 5.32 Å². The fourth-order valence-electron chi connectivity index (χ4n) is 2.97. The molecule has 3 aromatic rings. The Morgan fingerprint density at radius 2 is 1.38 bits per heavy atom. The molecule has 0 unspecified atom stereocenters. The molecule has 0 spiro atoms. The smallest absolute Gasteiger partial charge is 0.241 e. The number of benzene rings is 3. The van der Waals surface area contributed by atoms with E-state index in [0.717, 1.165) is 22.4 Å². The Morgan fingerprint density at radius 3 is 1.92 bits per heavy atom. The zero-order valence-corrected chi connectivity index (χ0v) is 15.1. The number of amides is 1. The summed E-state index contributed by atoms with van der Waals surface area (Å²) in [5.41, 5.74) is 4.21. The summed E-state index contributed by atoms with van der Waals surface area (Å²) in [7, 11) is 0. The molecule has 0 saturated heterocycles. The summed E-state index contributed by atoms with van der Waals surface area (Å²) in [6.45, 7) is 3.90. The average molecular weight is 344 g/mol. The van der Waals surface area contributed by atoms with Gasteiger partial charge in [-0.3, -0.25) is 10.1 Å². The first-order valence-corrected chi connectivity index (χ1v) is 8.87. The number of nitrogens with one attached hydrogen (secondary N) is 2. The Balaban J connectivity index is 1.77. The molecule has 0 heterocycles. The lowest BCUT2D eigenvalue weighted by Crippen LogP contribution is -2.40. The van der Waals surface area contributed by atoms with Gasteiger partial charge in [-0.25, -0.2) is 0 Å². The maximum atomic E-state index is 12.6. The molecule has 0 bridgehead atoms. The summed E-state index contributed by atoms with van der Waals surface area (Å²) in [5, 5.41) is 6.46. The van der Waals surface area contributed by atoms with Gasteiger partial charge in [0, 0.05) is 5.69 Å². The van der Waals surface area contributed by atoms with Gasteiger partial charge < -0.3 is 5.32 Å². The Labute approximate surface area is 155 Å². The summed E-state index contributed by atoms with van der Waals surface area (Å²) in [6.07, 6.45) is 0. The second-order valence-electron chi connectivity index (χ2n) is 6.50. The van der Waals surface area contributed by atoms with Crippen LogP contribution in [0.5, 0.6) is 0 Å². The minimum Gasteiger partial charge on any atom is -0.325 e. The van der Waals surface area contributed by atoms with Gasteiger partial charge in [-0.05, 0) is 42.7 Å². The normalized spacial score (nSPS) is 12.0. The first-order chi connectivity index (χ1) is 12.6. The third kappa shape index (κ3) is 4.58. The van der Waals surface area contributed by atoms with E-state index in [1.807, 2.05) is 74.5 Å². The first kappa shape index (κ1) is 17.9. The third-order valence-corrected chi connectivity index (χ3v) is 4.36. The topological polar surface area (TPSA) is 41.1 Å². The van der Waals surface area contributed by atoms with Crippen LogP contribution in [-0.2, 0) is 4.79 Å². The third-order valence-electron chi connectivity index (χ3n) is 4.36. The molecular weight excluding hydrogens is 320 g/mol. The Bertz CT molecular complexity index is 807. The van der Waals surface area contributed by atoms with E-state index in [0.29, 0.717) is 0 Å². The zero-order chi connectivity index (χ0) is 18.4. The lowest BCUT2D eigenvalue weighted by molar-refractivity contribution is -0.117. The maximum Gasteiger partial charge on any atom is 0.241 e. The molecule has 3 nitrogen and oxygen atoms in total. The standard InChI is InChI=1S/C23H24N2O/c1-17-10-9-15-21(16-17)25-23(26)18(2)24-22(19-11-5-3-6-12-19)20-13-7-4-8-14-20/h3-16,18,22,24H,1-2H3,(H,25,26)/t18-/m0/s1. The summed E-state index contributed by atoms with van der Waals surface area (Å²) in [6, 6.07) is 27.8. The number of carbonyl (C=O) groups excluding carboxylic acids is 1. The van der Waals surface area contributed by atoms with Gasteiger partial charge in [0.15, 0.2) is 0 Å². The van der Waals surface area contributed by atoms with Gasteiger partial charge in [0.05, 0.1) is 12.1 Å². The molecule has 1 amide bonds. The molecule has 3 rings (SSSR count). The van der Waals surface area contributed by atoms with Crippen LogP contribution in [0.25, 0.3) is 0 Å². The van der Waals surface area contributed by atoms with Crippen molar-refractivity contribution in [3.63, 3.8) is 0 Å². The highest BCUT2D eigenvalue weighted by Crippen LogP contribution is 2.22. The predicted molar refractivity (Wildman–Crippen MR) is 107 cm³/mol. The Morgan fingerprint density at radius 1 is 0.808 bits per heavy atom. The molecule has 0 radical (unpaired) electrons. The number of anilines is 1. The van der Waals surface area contributed by atoms with E-state index in [2.05, 4.69) is 34.9 Å². The number of hydrogen-bond acceptors (Lipinski definition) is 2. The highest BCUT2D eigenvalue weighted by atomic mass is 16.2. The van der Waals surface area contributed by atoms with Crippen molar-refractivity contribution in [2.45, 2.75) is 25.9 Å². The molecule has 3 heteroatoms. The van der Waals surface area contributed by atoms with Crippen LogP contribution in [0.15, 0.2) is 84.9 Å². The molecule has 0 saturated carbocycles. The fraction of sp³-hybridized carbons (Fsp3) is 0.174. The molecule has 132 valence electrons. The van der Waals surface area contributed by atoms with E-state index in [-0.39, 0.29) is 18.0 Å². The van der Waals surface area contributed by atoms with E-state index < -0.39 is 0 Å². The fourth-order valence-corrected chi connectivity index (χ4v) is 2.97. The van der Waals surface area contributed by atoms with Gasteiger partial charge in [-0.15, -0.1) is 0 Å². The van der Waals surface area contributed by atoms with Crippen LogP contribution < -0.4 is 10.6 Å². The Hall–Kier alpha value is -2.91. The number of rotatable bonds is 6. The zero-order valence-electron chi connectivity index (χ0n) is 15.1. The Kier molecular flexibility index (Phi) is 5.82. The van der Waals surface area contributed by atoms with Crippen LogP contribution in [0.3, 0.4) is 0 Å². The second-order valence-corrected chi connectivity index (χ2v) is 6.50. The molecule has 0 aliphatic carbocycles. The molecule has 0 aliphatic rings. The highest BCUT2D eigenvalue weighted by Gasteiger charge is 2.20. The van der Waals surface area contributed by atoms with Crippen molar-refractivity contribution in [2.75, 3.05) is 5.32 Å². The van der Waals surface area contributed by atoms with Crippen molar-refractivity contribution < 1.29 is 4.79 Å². The van der Waals surface area contributed by atoms with Crippen molar-refractivity contribution in [3.8, 4) is 0 Å². The van der Waals surface area contributed by atoms with Crippen LogP contribution in [0.1, 0.15) is 29.7 Å². The summed E-state index contributed by atoms with van der Waals surface area (Å²) >= 11 is 0. The minimum absolute atomic E-state index is 0.0457. The molecule has 1 atom stereocenters. The molecule has 0 aromatic heterocycles. The van der Waals surface area contributed by atoms with Gasteiger partial charge in [0.25, 0.3) is 0 Å². The lowest BCUT2D eigenvalue weighted by Gasteiger charge is -2.24. The first-order valence-electron chi connectivity index (χ1n) is 8.87. The number of carbonyl (C=O) groups is 1. The molecule has 2 N–H and O–H groups in total. The van der Waals surface area contributed by atoms with Crippen LogP contribution in [0.4, 0.5) is 5.69 Å². The van der Waals surface area contributed by atoms with Gasteiger partial charge in [0.1, 0.15) is 0 Å². The molecule has 0 fully saturated rings. The van der Waals surface area contributed by atoms with Crippen LogP contribution in [0, 0.1) is 6.92 Å². The molecular formula is C23H24N2O. The summed E-state index contributed by atoms with van der Waals surface area (Å²) in [5.74, 6) is -0.0486. The summed E-state index contributed by atoms with van der Waals surface area (Å²) < 4.78 is 0. The lowest BCUT2D eigenvalue weighted by atomic mass is 9.98. The molecule has 26 heavy (non-hydrogen) atoms. The number of aryl methyl sites for hydroxylation is 1. The van der Waals surface area contributed by atoms with Crippen LogP contribution >= 0.6 is 0 Å². The average Bonchev–Trinajstić information content (AvgIpc) is 2.67. The van der Waals surface area contributed by atoms with E-state index in [1.54, 1.807) is 0 Å². The second kappa shape index (κ2) is 8.45.